The Bertz CT molecular complexity index is 767. The van der Waals surface area contributed by atoms with Crippen molar-refractivity contribution < 1.29 is 9.36 Å². The Hall–Kier alpha value is -1.78. The van der Waals surface area contributed by atoms with E-state index >= 15 is 0 Å². The summed E-state index contributed by atoms with van der Waals surface area (Å²) >= 11 is 4.86. The molecule has 4 heteroatoms. The average molecular weight is 359 g/mol. The van der Waals surface area contributed by atoms with E-state index in [0.29, 0.717) is 6.54 Å². The fourth-order valence-electron chi connectivity index (χ4n) is 2.13. The number of ketones is 1. The van der Waals surface area contributed by atoms with Gasteiger partial charge in [-0.2, -0.15) is 4.57 Å². The summed E-state index contributed by atoms with van der Waals surface area (Å²) in [6.45, 7) is 0.355. The first-order valence-electron chi connectivity index (χ1n) is 6.55. The van der Waals surface area contributed by atoms with E-state index in [1.54, 1.807) is 0 Å². The number of pyridine rings is 1. The summed E-state index contributed by atoms with van der Waals surface area (Å²) in [5.74, 6) is 0.126. The summed E-state index contributed by atoms with van der Waals surface area (Å²) in [5, 5.41) is 0. The van der Waals surface area contributed by atoms with Gasteiger partial charge < -0.3 is 0 Å². The maximum absolute atomic E-state index is 12.2. The van der Waals surface area contributed by atoms with Crippen molar-refractivity contribution in [2.75, 3.05) is 0 Å². The highest BCUT2D eigenvalue weighted by atomic mass is 79.9. The Kier molecular flexibility index (Phi) is 4.27. The van der Waals surface area contributed by atoms with Crippen LogP contribution in [-0.2, 0) is 6.54 Å². The summed E-state index contributed by atoms with van der Waals surface area (Å²) in [5.41, 5.74) is 2.26. The molecule has 3 rings (SSSR count). The summed E-state index contributed by atoms with van der Waals surface area (Å²) in [6, 6.07) is 18.0. The lowest BCUT2D eigenvalue weighted by molar-refractivity contribution is -0.682. The van der Waals surface area contributed by atoms with Gasteiger partial charge in [0, 0.05) is 11.6 Å². The smallest absolute Gasteiger partial charge is 0.237 e. The summed E-state index contributed by atoms with van der Waals surface area (Å²) in [6.07, 6.45) is 3.93. The van der Waals surface area contributed by atoms with Crippen molar-refractivity contribution in [3.63, 3.8) is 0 Å². The van der Waals surface area contributed by atoms with Gasteiger partial charge in [-0.05, 0) is 39.7 Å². The molecule has 0 radical (unpaired) electrons. The number of Topliss-reactive ketones (excluding diaryl/α,β-unsaturated/α-hetero) is 1. The number of halogens is 1. The number of carbonyl (C=O) groups excluding carboxylic acids is 1. The van der Waals surface area contributed by atoms with Crippen LogP contribution in [0.15, 0.2) is 70.8 Å². The largest absolute Gasteiger partial charge is 0.286 e. The van der Waals surface area contributed by atoms with Crippen LogP contribution in [0.3, 0.4) is 0 Å². The Morgan fingerprint density at radius 3 is 2.48 bits per heavy atom. The van der Waals surface area contributed by atoms with Crippen LogP contribution < -0.4 is 4.57 Å². The Labute approximate surface area is 135 Å². The zero-order valence-corrected chi connectivity index (χ0v) is 13.6. The Morgan fingerprint density at radius 2 is 1.76 bits per heavy atom. The van der Waals surface area contributed by atoms with E-state index in [-0.39, 0.29) is 5.78 Å². The molecule has 0 bridgehead atoms. The highest BCUT2D eigenvalue weighted by molar-refractivity contribution is 9.11. The van der Waals surface area contributed by atoms with Crippen LogP contribution in [0.5, 0.6) is 0 Å². The van der Waals surface area contributed by atoms with E-state index in [4.69, 9.17) is 0 Å². The van der Waals surface area contributed by atoms with Gasteiger partial charge in [-0.1, -0.05) is 30.3 Å². The summed E-state index contributed by atoms with van der Waals surface area (Å²) in [4.78, 5) is 13.0. The third-order valence-corrected chi connectivity index (χ3v) is 4.80. The minimum atomic E-state index is 0.126. The van der Waals surface area contributed by atoms with Crippen LogP contribution in [0, 0.1) is 0 Å². The molecule has 0 saturated heterocycles. The van der Waals surface area contributed by atoms with Gasteiger partial charge >= 0.3 is 0 Å². The minimum absolute atomic E-state index is 0.126. The molecule has 0 aliphatic heterocycles. The molecule has 0 saturated carbocycles. The van der Waals surface area contributed by atoms with Crippen LogP contribution in [0.25, 0.3) is 11.1 Å². The molecule has 0 spiro atoms. The minimum Gasteiger partial charge on any atom is -0.286 e. The molecule has 1 aromatic carbocycles. The van der Waals surface area contributed by atoms with Gasteiger partial charge in [0.2, 0.25) is 12.3 Å². The van der Waals surface area contributed by atoms with Crippen molar-refractivity contribution in [2.24, 2.45) is 0 Å². The maximum atomic E-state index is 12.2. The summed E-state index contributed by atoms with van der Waals surface area (Å²) in [7, 11) is 0. The highest BCUT2D eigenvalue weighted by Gasteiger charge is 2.14. The second-order valence-corrected chi connectivity index (χ2v) is 7.12. The highest BCUT2D eigenvalue weighted by Crippen LogP contribution is 2.22. The number of benzene rings is 1. The molecule has 21 heavy (non-hydrogen) atoms. The second kappa shape index (κ2) is 6.33. The maximum Gasteiger partial charge on any atom is 0.237 e. The van der Waals surface area contributed by atoms with E-state index in [1.807, 2.05) is 53.4 Å². The van der Waals surface area contributed by atoms with Crippen molar-refractivity contribution in [2.45, 2.75) is 6.54 Å². The van der Waals surface area contributed by atoms with Crippen molar-refractivity contribution >= 4 is 33.0 Å². The van der Waals surface area contributed by atoms with Gasteiger partial charge in [0.1, 0.15) is 0 Å². The van der Waals surface area contributed by atoms with Crippen LogP contribution in [0.2, 0.25) is 0 Å². The molecule has 2 nitrogen and oxygen atoms in total. The zero-order valence-electron chi connectivity index (χ0n) is 11.2. The van der Waals surface area contributed by atoms with E-state index < -0.39 is 0 Å². The SMILES string of the molecule is O=C(C[n+]1cccc(-c2ccccc2)c1)c1ccc(Br)s1. The molecule has 2 heterocycles. The molecular formula is C17H13BrNOS+. The first kappa shape index (κ1) is 14.2. The van der Waals surface area contributed by atoms with Gasteiger partial charge in [-0.3, -0.25) is 4.79 Å². The molecular weight excluding hydrogens is 346 g/mol. The van der Waals surface area contributed by atoms with Crippen LogP contribution in [0.1, 0.15) is 9.67 Å². The van der Waals surface area contributed by atoms with Crippen molar-refractivity contribution in [1.82, 2.24) is 0 Å². The van der Waals surface area contributed by atoms with Gasteiger partial charge in [-0.25, -0.2) is 0 Å². The number of nitrogens with zero attached hydrogens (tertiary/aromatic N) is 1. The van der Waals surface area contributed by atoms with Gasteiger partial charge in [0.15, 0.2) is 12.4 Å². The topological polar surface area (TPSA) is 20.9 Å². The third-order valence-electron chi connectivity index (χ3n) is 3.14. The molecule has 0 fully saturated rings. The number of carbonyl (C=O) groups is 1. The Balaban J connectivity index is 1.82. The van der Waals surface area contributed by atoms with E-state index in [1.165, 1.54) is 11.3 Å². The lowest BCUT2D eigenvalue weighted by atomic mass is 10.1. The number of thiophene rings is 1. The number of rotatable bonds is 4. The molecule has 3 aromatic rings. The lowest BCUT2D eigenvalue weighted by Gasteiger charge is -2.00. The van der Waals surface area contributed by atoms with Gasteiger partial charge in [0.05, 0.1) is 8.66 Å². The molecule has 0 aliphatic rings. The van der Waals surface area contributed by atoms with Gasteiger partial charge in [-0.15, -0.1) is 11.3 Å². The van der Waals surface area contributed by atoms with Crippen molar-refractivity contribution in [3.8, 4) is 11.1 Å². The van der Waals surface area contributed by atoms with Crippen LogP contribution in [0.4, 0.5) is 0 Å². The molecule has 104 valence electrons. The number of aromatic nitrogens is 1. The van der Waals surface area contributed by atoms with E-state index in [2.05, 4.69) is 34.1 Å². The monoisotopic (exact) mass is 358 g/mol. The second-order valence-electron chi connectivity index (χ2n) is 4.66. The first-order valence-corrected chi connectivity index (χ1v) is 8.16. The number of hydrogen-bond acceptors (Lipinski definition) is 2. The molecule has 0 aliphatic carbocycles. The Morgan fingerprint density at radius 1 is 1.00 bits per heavy atom. The standard InChI is InChI=1S/C17H13BrNOS/c18-17-9-8-16(21-17)15(20)12-19-10-4-7-14(11-19)13-5-2-1-3-6-13/h1-11H,12H2/q+1. The molecule has 0 N–H and O–H groups in total. The lowest BCUT2D eigenvalue weighted by Crippen LogP contribution is -2.37. The van der Waals surface area contributed by atoms with E-state index in [9.17, 15) is 4.79 Å². The predicted octanol–water partition coefficient (Wildman–Crippen LogP) is 4.35. The number of hydrogen-bond donors (Lipinski definition) is 0. The van der Waals surface area contributed by atoms with E-state index in [0.717, 1.165) is 19.8 Å². The third kappa shape index (κ3) is 3.46. The van der Waals surface area contributed by atoms with Crippen molar-refractivity contribution in [3.05, 3.63) is 75.7 Å². The van der Waals surface area contributed by atoms with Crippen molar-refractivity contribution in [1.29, 1.82) is 0 Å². The van der Waals surface area contributed by atoms with Crippen LogP contribution in [-0.4, -0.2) is 5.78 Å². The van der Waals surface area contributed by atoms with Crippen LogP contribution >= 0.6 is 27.3 Å². The first-order chi connectivity index (χ1) is 10.2. The molecule has 0 atom stereocenters. The summed E-state index contributed by atoms with van der Waals surface area (Å²) < 4.78 is 2.91. The molecule has 0 amide bonds. The average Bonchev–Trinajstić information content (AvgIpc) is 2.95. The predicted molar refractivity (Wildman–Crippen MR) is 88.4 cm³/mol. The quantitative estimate of drug-likeness (QED) is 0.501. The fourth-order valence-corrected chi connectivity index (χ4v) is 3.45. The fraction of sp³-hybridized carbons (Fsp3) is 0.0588. The molecule has 2 aromatic heterocycles. The van der Waals surface area contributed by atoms with Gasteiger partial charge in [0.25, 0.3) is 0 Å². The molecule has 0 unspecified atom stereocenters. The normalized spacial score (nSPS) is 10.5. The zero-order chi connectivity index (χ0) is 14.7.